The Bertz CT molecular complexity index is 624. The van der Waals surface area contributed by atoms with Crippen LogP contribution in [0.3, 0.4) is 0 Å². The monoisotopic (exact) mass is 296 g/mol. The second-order valence-electron chi connectivity index (χ2n) is 4.93. The second-order valence-corrected chi connectivity index (χ2v) is 4.93. The van der Waals surface area contributed by atoms with E-state index in [1.807, 2.05) is 67.6 Å². The zero-order valence-corrected chi connectivity index (χ0v) is 12.8. The van der Waals surface area contributed by atoms with Crippen molar-refractivity contribution in [2.75, 3.05) is 12.4 Å². The van der Waals surface area contributed by atoms with Crippen LogP contribution in [0.15, 0.2) is 65.7 Å². The lowest BCUT2D eigenvalue weighted by Gasteiger charge is -2.13. The maximum Gasteiger partial charge on any atom is 0.331 e. The molecule has 0 amide bonds. The predicted octanol–water partition coefficient (Wildman–Crippen LogP) is 3.30. The molecule has 0 aromatic heterocycles. The van der Waals surface area contributed by atoms with E-state index in [9.17, 15) is 4.79 Å². The Hall–Kier alpha value is -2.62. The molecule has 1 unspecified atom stereocenters. The van der Waals surface area contributed by atoms with Gasteiger partial charge in [0, 0.05) is 12.1 Å². The molecule has 0 bridgehead atoms. The van der Waals surface area contributed by atoms with Crippen molar-refractivity contribution in [2.24, 2.45) is 4.99 Å². The number of nitrogens with one attached hydrogen (secondary N) is 1. The molecule has 4 heteroatoms. The van der Waals surface area contributed by atoms with E-state index in [4.69, 9.17) is 4.74 Å². The molecule has 1 N–H and O–H groups in total. The molecule has 0 radical (unpaired) electrons. The Balaban J connectivity index is 2.11. The maximum atomic E-state index is 11.9. The van der Waals surface area contributed by atoms with E-state index < -0.39 is 6.04 Å². The molecule has 4 nitrogen and oxygen atoms in total. The molecule has 0 saturated heterocycles. The topological polar surface area (TPSA) is 50.7 Å². The van der Waals surface area contributed by atoms with E-state index in [1.165, 1.54) is 7.11 Å². The van der Waals surface area contributed by atoms with Crippen LogP contribution in [-0.4, -0.2) is 25.0 Å². The molecule has 0 heterocycles. The molecule has 22 heavy (non-hydrogen) atoms. The quantitative estimate of drug-likeness (QED) is 0.523. The summed E-state index contributed by atoms with van der Waals surface area (Å²) in [6, 6.07) is 19.0. The minimum atomic E-state index is -0.552. The first-order valence-corrected chi connectivity index (χ1v) is 7.17. The Kier molecular flexibility index (Phi) is 5.72. The lowest BCUT2D eigenvalue weighted by Crippen LogP contribution is -2.25. The highest BCUT2D eigenvalue weighted by atomic mass is 16.5. The molecule has 0 aliphatic carbocycles. The number of nitrogens with zero attached hydrogens (tertiary/aromatic N) is 1. The normalized spacial score (nSPS) is 12.5. The number of methoxy groups -OCH3 is 1. The fraction of sp³-hybridized carbons (Fsp3) is 0.222. The van der Waals surface area contributed by atoms with Gasteiger partial charge < -0.3 is 10.1 Å². The molecular weight excluding hydrogens is 276 g/mol. The second kappa shape index (κ2) is 7.98. The van der Waals surface area contributed by atoms with Gasteiger partial charge in [0.15, 0.2) is 6.04 Å². The first kappa shape index (κ1) is 15.8. The SMILES string of the molecule is COC(=O)C(Cc1ccccc1)N=C(C)Nc1ccccc1. The van der Waals surface area contributed by atoms with Crippen LogP contribution in [0.25, 0.3) is 0 Å². The summed E-state index contributed by atoms with van der Waals surface area (Å²) in [6.45, 7) is 1.84. The lowest BCUT2D eigenvalue weighted by atomic mass is 10.1. The van der Waals surface area contributed by atoms with Crippen molar-refractivity contribution in [3.05, 3.63) is 66.2 Å². The molecule has 0 aliphatic heterocycles. The number of esters is 1. The highest BCUT2D eigenvalue weighted by molar-refractivity contribution is 5.95. The van der Waals surface area contributed by atoms with E-state index in [1.54, 1.807) is 0 Å². The molecular formula is C18H20N2O2. The van der Waals surface area contributed by atoms with E-state index in [0.29, 0.717) is 12.3 Å². The Morgan fingerprint density at radius 2 is 1.68 bits per heavy atom. The number of ether oxygens (including phenoxy) is 1. The smallest absolute Gasteiger partial charge is 0.331 e. The molecule has 114 valence electrons. The summed E-state index contributed by atoms with van der Waals surface area (Å²) in [6.07, 6.45) is 0.515. The van der Waals surface area contributed by atoms with Gasteiger partial charge in [-0.1, -0.05) is 48.5 Å². The average molecular weight is 296 g/mol. The largest absolute Gasteiger partial charge is 0.467 e. The molecule has 2 aromatic rings. The van der Waals surface area contributed by atoms with Crippen LogP contribution < -0.4 is 5.32 Å². The number of amidine groups is 1. The van der Waals surface area contributed by atoms with Crippen molar-refractivity contribution >= 4 is 17.5 Å². The third-order valence-electron chi connectivity index (χ3n) is 3.19. The first-order valence-electron chi connectivity index (χ1n) is 7.17. The zero-order valence-electron chi connectivity index (χ0n) is 12.8. The summed E-state index contributed by atoms with van der Waals surface area (Å²) in [5.41, 5.74) is 1.99. The lowest BCUT2D eigenvalue weighted by molar-refractivity contribution is -0.142. The van der Waals surface area contributed by atoms with Crippen molar-refractivity contribution in [3.63, 3.8) is 0 Å². The molecule has 0 fully saturated rings. The summed E-state index contributed by atoms with van der Waals surface area (Å²) in [7, 11) is 1.38. The molecule has 2 aromatic carbocycles. The van der Waals surface area contributed by atoms with Crippen molar-refractivity contribution in [1.82, 2.24) is 0 Å². The number of carbonyl (C=O) groups excluding carboxylic acids is 1. The van der Waals surface area contributed by atoms with Gasteiger partial charge in [-0.2, -0.15) is 0 Å². The minimum Gasteiger partial charge on any atom is -0.467 e. The number of hydrogen-bond donors (Lipinski definition) is 1. The standard InChI is InChI=1S/C18H20N2O2/c1-14(19-16-11-7-4-8-12-16)20-17(18(21)22-2)13-15-9-5-3-6-10-15/h3-12,17H,13H2,1-2H3,(H,19,20). The zero-order chi connectivity index (χ0) is 15.8. The van der Waals surface area contributed by atoms with Gasteiger partial charge in [-0.25, -0.2) is 4.79 Å². The van der Waals surface area contributed by atoms with E-state index in [-0.39, 0.29) is 5.97 Å². The van der Waals surface area contributed by atoms with Gasteiger partial charge in [0.1, 0.15) is 0 Å². The van der Waals surface area contributed by atoms with Crippen LogP contribution in [0.2, 0.25) is 0 Å². The number of hydrogen-bond acceptors (Lipinski definition) is 3. The van der Waals surface area contributed by atoms with Gasteiger partial charge in [0.2, 0.25) is 0 Å². The number of benzene rings is 2. The molecule has 0 spiro atoms. The van der Waals surface area contributed by atoms with Crippen LogP contribution >= 0.6 is 0 Å². The fourth-order valence-electron chi connectivity index (χ4n) is 2.15. The number of aliphatic imine (C=N–C) groups is 1. The Morgan fingerprint density at radius 1 is 1.09 bits per heavy atom. The maximum absolute atomic E-state index is 11.9. The van der Waals surface area contributed by atoms with Crippen molar-refractivity contribution in [3.8, 4) is 0 Å². The summed E-state index contributed by atoms with van der Waals surface area (Å²) < 4.78 is 4.86. The van der Waals surface area contributed by atoms with Crippen molar-refractivity contribution in [2.45, 2.75) is 19.4 Å². The van der Waals surface area contributed by atoms with Crippen LogP contribution in [0.5, 0.6) is 0 Å². The van der Waals surface area contributed by atoms with Gasteiger partial charge >= 0.3 is 5.97 Å². The van der Waals surface area contributed by atoms with Crippen LogP contribution in [0, 0.1) is 0 Å². The van der Waals surface area contributed by atoms with Gasteiger partial charge in [-0.15, -0.1) is 0 Å². The average Bonchev–Trinajstić information content (AvgIpc) is 2.55. The van der Waals surface area contributed by atoms with Crippen LogP contribution in [0.4, 0.5) is 5.69 Å². The predicted molar refractivity (Wildman–Crippen MR) is 89.1 cm³/mol. The number of anilines is 1. The van der Waals surface area contributed by atoms with Crippen molar-refractivity contribution in [1.29, 1.82) is 0 Å². The summed E-state index contributed by atoms with van der Waals surface area (Å²) in [4.78, 5) is 16.4. The number of rotatable bonds is 5. The van der Waals surface area contributed by atoms with Gasteiger partial charge in [0.25, 0.3) is 0 Å². The third-order valence-corrected chi connectivity index (χ3v) is 3.19. The third kappa shape index (κ3) is 4.74. The van der Waals surface area contributed by atoms with E-state index in [0.717, 1.165) is 11.3 Å². The fourth-order valence-corrected chi connectivity index (χ4v) is 2.15. The molecule has 1 atom stereocenters. The van der Waals surface area contributed by atoms with Gasteiger partial charge in [-0.05, 0) is 24.6 Å². The van der Waals surface area contributed by atoms with Crippen LogP contribution in [0.1, 0.15) is 12.5 Å². The van der Waals surface area contributed by atoms with Gasteiger partial charge in [0.05, 0.1) is 12.9 Å². The Morgan fingerprint density at radius 3 is 2.27 bits per heavy atom. The molecule has 0 saturated carbocycles. The Labute approximate surface area is 130 Å². The van der Waals surface area contributed by atoms with E-state index in [2.05, 4.69) is 10.3 Å². The first-order chi connectivity index (χ1) is 10.7. The minimum absolute atomic E-state index is 0.335. The highest BCUT2D eigenvalue weighted by Gasteiger charge is 2.18. The summed E-state index contributed by atoms with van der Waals surface area (Å²) >= 11 is 0. The van der Waals surface area contributed by atoms with Crippen molar-refractivity contribution < 1.29 is 9.53 Å². The number of para-hydroxylation sites is 1. The summed E-state index contributed by atoms with van der Waals surface area (Å²) in [5, 5.41) is 3.18. The van der Waals surface area contributed by atoms with Gasteiger partial charge in [-0.3, -0.25) is 4.99 Å². The van der Waals surface area contributed by atoms with E-state index >= 15 is 0 Å². The molecule has 2 rings (SSSR count). The van der Waals surface area contributed by atoms with Crippen LogP contribution in [-0.2, 0) is 16.0 Å². The summed E-state index contributed by atoms with van der Waals surface area (Å²) in [5.74, 6) is 0.343. The number of carbonyl (C=O) groups is 1. The highest BCUT2D eigenvalue weighted by Crippen LogP contribution is 2.10. The molecule has 0 aliphatic rings.